The molecule has 2 unspecified atom stereocenters. The van der Waals surface area contributed by atoms with Crippen LogP contribution in [0, 0.1) is 0 Å². The van der Waals surface area contributed by atoms with Crippen molar-refractivity contribution in [1.82, 2.24) is 20.9 Å². The van der Waals surface area contributed by atoms with Crippen molar-refractivity contribution in [2.75, 3.05) is 32.8 Å². The third-order valence-electron chi connectivity index (χ3n) is 7.51. The zero-order valence-corrected chi connectivity index (χ0v) is 27.1. The van der Waals surface area contributed by atoms with Crippen LogP contribution in [0.5, 0.6) is 0 Å². The Hall–Kier alpha value is -4.68. The maximum Gasteiger partial charge on any atom is 0.407 e. The molecule has 4 amide bonds. The smallest absolute Gasteiger partial charge is 0.407 e. The largest absolute Gasteiger partial charge is 0.445 e. The van der Waals surface area contributed by atoms with Crippen molar-refractivity contribution < 1.29 is 32.3 Å². The standard InChI is InChI=1S/C35H42N4O7S/c40-33(32(26-28-12-4-1-5-13-28)38-34(41)39-21-23-45-24-22-39)37-30(19-25-47(43,44)31-17-8-3-9-18-31)16-10-11-20-36-35(42)46-27-29-14-6-2-7-15-29/h1-9,12-15,17-19,25,30,32H,10-11,16,20-24,26-27H2,(H,36,42)(H,37,40)(H,38,41). The van der Waals surface area contributed by atoms with Gasteiger partial charge in [0.1, 0.15) is 12.6 Å². The molecule has 3 aromatic rings. The van der Waals surface area contributed by atoms with E-state index < -0.39 is 33.9 Å². The van der Waals surface area contributed by atoms with Crippen LogP contribution in [0.4, 0.5) is 9.59 Å². The molecule has 4 rings (SSSR count). The molecule has 11 nitrogen and oxygen atoms in total. The summed E-state index contributed by atoms with van der Waals surface area (Å²) >= 11 is 0. The number of benzene rings is 3. The maximum absolute atomic E-state index is 13.7. The molecular weight excluding hydrogens is 620 g/mol. The summed E-state index contributed by atoms with van der Waals surface area (Å²) in [7, 11) is -3.76. The van der Waals surface area contributed by atoms with E-state index in [0.717, 1.165) is 16.5 Å². The van der Waals surface area contributed by atoms with E-state index in [1.165, 1.54) is 18.2 Å². The van der Waals surface area contributed by atoms with Crippen LogP contribution >= 0.6 is 0 Å². The molecule has 1 saturated heterocycles. The zero-order valence-electron chi connectivity index (χ0n) is 26.3. The van der Waals surface area contributed by atoms with Crippen molar-refractivity contribution in [3.8, 4) is 0 Å². The lowest BCUT2D eigenvalue weighted by atomic mass is 10.0. The topological polar surface area (TPSA) is 143 Å². The van der Waals surface area contributed by atoms with Crippen molar-refractivity contribution in [3.63, 3.8) is 0 Å². The number of hydrogen-bond acceptors (Lipinski definition) is 7. The highest BCUT2D eigenvalue weighted by molar-refractivity contribution is 7.94. The molecule has 1 fully saturated rings. The highest BCUT2D eigenvalue weighted by Crippen LogP contribution is 2.14. The number of amides is 4. The Labute approximate surface area is 276 Å². The van der Waals surface area contributed by atoms with Crippen LogP contribution in [-0.2, 0) is 37.1 Å². The summed E-state index contributed by atoms with van der Waals surface area (Å²) in [6.07, 6.45) is 2.69. The van der Waals surface area contributed by atoms with Gasteiger partial charge >= 0.3 is 12.1 Å². The fourth-order valence-corrected chi connectivity index (χ4v) is 6.00. The summed E-state index contributed by atoms with van der Waals surface area (Å²) in [5.41, 5.74) is 1.74. The van der Waals surface area contributed by atoms with Crippen LogP contribution in [0.3, 0.4) is 0 Å². The molecule has 47 heavy (non-hydrogen) atoms. The van der Waals surface area contributed by atoms with E-state index in [1.807, 2.05) is 60.7 Å². The fourth-order valence-electron chi connectivity index (χ4n) is 4.91. The van der Waals surface area contributed by atoms with Gasteiger partial charge in [-0.15, -0.1) is 0 Å². The third kappa shape index (κ3) is 12.2. The molecule has 1 aliphatic rings. The normalized spacial score (nSPS) is 14.6. The van der Waals surface area contributed by atoms with Gasteiger partial charge in [-0.3, -0.25) is 4.79 Å². The number of unbranched alkanes of at least 4 members (excludes halogenated alkanes) is 1. The molecule has 250 valence electrons. The van der Waals surface area contributed by atoms with Crippen LogP contribution in [0.2, 0.25) is 0 Å². The first-order valence-electron chi connectivity index (χ1n) is 15.7. The van der Waals surface area contributed by atoms with Gasteiger partial charge in [-0.2, -0.15) is 0 Å². The first kappa shape index (κ1) is 35.2. The van der Waals surface area contributed by atoms with Gasteiger partial charge in [0.15, 0.2) is 9.84 Å². The van der Waals surface area contributed by atoms with Gasteiger partial charge < -0.3 is 30.3 Å². The molecule has 0 aromatic heterocycles. The second-order valence-corrected chi connectivity index (χ2v) is 12.9. The van der Waals surface area contributed by atoms with Gasteiger partial charge in [-0.25, -0.2) is 18.0 Å². The van der Waals surface area contributed by atoms with E-state index in [9.17, 15) is 22.8 Å². The number of alkyl carbamates (subject to hydrolysis) is 1. The third-order valence-corrected chi connectivity index (χ3v) is 8.95. The fraction of sp³-hybridized carbons (Fsp3) is 0.343. The summed E-state index contributed by atoms with van der Waals surface area (Å²) in [5, 5.41) is 9.64. The zero-order chi connectivity index (χ0) is 33.3. The van der Waals surface area contributed by atoms with Gasteiger partial charge in [-0.05, 0) is 42.5 Å². The number of hydrogen-bond donors (Lipinski definition) is 3. The number of nitrogens with one attached hydrogen (secondary N) is 3. The number of carbonyl (C=O) groups excluding carboxylic acids is 3. The van der Waals surface area contributed by atoms with Crippen LogP contribution in [0.15, 0.2) is 107 Å². The van der Waals surface area contributed by atoms with Crippen molar-refractivity contribution in [2.24, 2.45) is 0 Å². The van der Waals surface area contributed by atoms with Gasteiger partial charge in [0.2, 0.25) is 5.91 Å². The van der Waals surface area contributed by atoms with Crippen molar-refractivity contribution in [2.45, 2.75) is 49.3 Å². The monoisotopic (exact) mass is 662 g/mol. The second kappa shape index (κ2) is 18.5. The highest BCUT2D eigenvalue weighted by Gasteiger charge is 2.26. The number of nitrogens with zero attached hydrogens (tertiary/aromatic N) is 1. The molecule has 0 bridgehead atoms. The Bertz CT molecular complexity index is 1550. The Morgan fingerprint density at radius 2 is 1.45 bits per heavy atom. The molecule has 1 heterocycles. The lowest BCUT2D eigenvalue weighted by molar-refractivity contribution is -0.123. The summed E-state index contributed by atoms with van der Waals surface area (Å²) < 4.78 is 36.6. The Morgan fingerprint density at radius 3 is 2.11 bits per heavy atom. The summed E-state index contributed by atoms with van der Waals surface area (Å²) in [4.78, 5) is 40.6. The van der Waals surface area contributed by atoms with E-state index >= 15 is 0 Å². The second-order valence-electron chi connectivity index (χ2n) is 11.1. The molecule has 3 N–H and O–H groups in total. The van der Waals surface area contributed by atoms with Crippen LogP contribution < -0.4 is 16.0 Å². The summed E-state index contributed by atoms with van der Waals surface area (Å²) in [5.74, 6) is -0.440. The summed E-state index contributed by atoms with van der Waals surface area (Å²) in [6.45, 7) is 2.18. The Kier molecular flexibility index (Phi) is 13.8. The van der Waals surface area contributed by atoms with E-state index in [-0.39, 0.29) is 24.0 Å². The van der Waals surface area contributed by atoms with Crippen molar-refractivity contribution >= 4 is 27.9 Å². The van der Waals surface area contributed by atoms with E-state index in [2.05, 4.69) is 16.0 Å². The lowest BCUT2D eigenvalue weighted by Gasteiger charge is -2.29. The van der Waals surface area contributed by atoms with Crippen molar-refractivity contribution in [1.29, 1.82) is 0 Å². The molecule has 2 atom stereocenters. The molecule has 0 aliphatic carbocycles. The molecule has 0 saturated carbocycles. The maximum atomic E-state index is 13.7. The minimum absolute atomic E-state index is 0.138. The van der Waals surface area contributed by atoms with E-state index in [1.54, 1.807) is 23.1 Å². The number of urea groups is 1. The minimum atomic E-state index is -3.76. The Balaban J connectivity index is 1.39. The SMILES string of the molecule is O=C(NCCCCC(C=CS(=O)(=O)c1ccccc1)NC(=O)C(Cc1ccccc1)NC(=O)N1CCOCC1)OCc1ccccc1. The van der Waals surface area contributed by atoms with Crippen molar-refractivity contribution in [3.05, 3.63) is 114 Å². The summed E-state index contributed by atoms with van der Waals surface area (Å²) in [6, 6.07) is 24.8. The van der Waals surface area contributed by atoms with E-state index in [4.69, 9.17) is 9.47 Å². The number of sulfone groups is 1. The molecule has 3 aromatic carbocycles. The van der Waals surface area contributed by atoms with Crippen LogP contribution in [0.1, 0.15) is 30.4 Å². The molecular formula is C35H42N4O7S. The van der Waals surface area contributed by atoms with E-state index in [0.29, 0.717) is 52.1 Å². The van der Waals surface area contributed by atoms with Crippen LogP contribution in [-0.4, -0.2) is 76.3 Å². The van der Waals surface area contributed by atoms with Crippen LogP contribution in [0.25, 0.3) is 0 Å². The van der Waals surface area contributed by atoms with Gasteiger partial charge in [0.25, 0.3) is 0 Å². The lowest BCUT2D eigenvalue weighted by Crippen LogP contribution is -2.55. The number of morpholine rings is 1. The number of rotatable bonds is 15. The minimum Gasteiger partial charge on any atom is -0.445 e. The molecule has 12 heteroatoms. The molecule has 1 aliphatic heterocycles. The molecule has 0 radical (unpaired) electrons. The average Bonchev–Trinajstić information content (AvgIpc) is 3.10. The number of ether oxygens (including phenoxy) is 2. The first-order chi connectivity index (χ1) is 22.8. The average molecular weight is 663 g/mol. The quantitative estimate of drug-likeness (QED) is 0.207. The first-order valence-corrected chi connectivity index (χ1v) is 17.2. The Morgan fingerprint density at radius 1 is 0.830 bits per heavy atom. The van der Waals surface area contributed by atoms with Gasteiger partial charge in [0.05, 0.1) is 18.1 Å². The predicted molar refractivity (Wildman–Crippen MR) is 178 cm³/mol. The number of carbonyl (C=O) groups is 3. The molecule has 0 spiro atoms. The van der Waals surface area contributed by atoms with Gasteiger partial charge in [-0.1, -0.05) is 84.9 Å². The van der Waals surface area contributed by atoms with Gasteiger partial charge in [0, 0.05) is 37.5 Å². The predicted octanol–water partition coefficient (Wildman–Crippen LogP) is 4.21. The highest BCUT2D eigenvalue weighted by atomic mass is 32.2.